The van der Waals surface area contributed by atoms with Gasteiger partial charge in [0.05, 0.1) is 25.9 Å². The third kappa shape index (κ3) is 5.09. The van der Waals surface area contributed by atoms with Crippen LogP contribution < -0.4 is 10.6 Å². The number of esters is 1. The molecule has 8 nitrogen and oxygen atoms in total. The van der Waals surface area contributed by atoms with Crippen molar-refractivity contribution in [3.63, 3.8) is 0 Å². The zero-order valence-electron chi connectivity index (χ0n) is 16.2. The van der Waals surface area contributed by atoms with Crippen molar-refractivity contribution in [2.45, 2.75) is 32.1 Å². The molecule has 0 spiro atoms. The maximum Gasteiger partial charge on any atom is 0.341 e. The van der Waals surface area contributed by atoms with Crippen molar-refractivity contribution in [2.24, 2.45) is 0 Å². The smallest absolute Gasteiger partial charge is 0.341 e. The van der Waals surface area contributed by atoms with Gasteiger partial charge in [-0.25, -0.2) is 4.79 Å². The summed E-state index contributed by atoms with van der Waals surface area (Å²) in [6.45, 7) is 4.55. The van der Waals surface area contributed by atoms with Gasteiger partial charge in [0.1, 0.15) is 5.00 Å². The van der Waals surface area contributed by atoms with Crippen molar-refractivity contribution in [1.29, 1.82) is 0 Å². The van der Waals surface area contributed by atoms with Gasteiger partial charge in [-0.05, 0) is 44.2 Å². The SMILES string of the molecule is COC(=O)c1c(NC(=O)C(=O)NCCCN2CCOCC2)sc2c1CCCC2. The summed E-state index contributed by atoms with van der Waals surface area (Å²) in [7, 11) is 1.32. The second-order valence-corrected chi connectivity index (χ2v) is 8.03. The Morgan fingerprint density at radius 2 is 1.89 bits per heavy atom. The number of fused-ring (bicyclic) bond motifs is 1. The number of thiophene rings is 1. The first-order valence-corrected chi connectivity index (χ1v) is 10.5. The van der Waals surface area contributed by atoms with E-state index in [4.69, 9.17) is 9.47 Å². The van der Waals surface area contributed by atoms with Gasteiger partial charge >= 0.3 is 17.8 Å². The molecule has 1 saturated heterocycles. The van der Waals surface area contributed by atoms with Crippen molar-refractivity contribution >= 4 is 34.1 Å². The summed E-state index contributed by atoms with van der Waals surface area (Å²) in [5.41, 5.74) is 1.35. The highest BCUT2D eigenvalue weighted by molar-refractivity contribution is 7.17. The fourth-order valence-electron chi connectivity index (χ4n) is 3.54. The maximum absolute atomic E-state index is 12.3. The van der Waals surface area contributed by atoms with Crippen molar-refractivity contribution < 1.29 is 23.9 Å². The summed E-state index contributed by atoms with van der Waals surface area (Å²) in [4.78, 5) is 40.0. The second kappa shape index (κ2) is 9.99. The Hall–Kier alpha value is -1.97. The average molecular weight is 410 g/mol. The topological polar surface area (TPSA) is 97.0 Å². The first-order valence-electron chi connectivity index (χ1n) is 9.72. The summed E-state index contributed by atoms with van der Waals surface area (Å²) in [6.07, 6.45) is 4.50. The number of anilines is 1. The Morgan fingerprint density at radius 3 is 2.64 bits per heavy atom. The van der Waals surface area contributed by atoms with Gasteiger partial charge in [-0.2, -0.15) is 0 Å². The van der Waals surface area contributed by atoms with E-state index in [0.29, 0.717) is 17.1 Å². The van der Waals surface area contributed by atoms with Gasteiger partial charge < -0.3 is 20.1 Å². The molecule has 0 unspecified atom stereocenters. The van der Waals surface area contributed by atoms with Crippen LogP contribution in [0, 0.1) is 0 Å². The first-order chi connectivity index (χ1) is 13.6. The van der Waals surface area contributed by atoms with Gasteiger partial charge in [0.25, 0.3) is 0 Å². The number of carbonyl (C=O) groups is 3. The Balaban J connectivity index is 1.52. The lowest BCUT2D eigenvalue weighted by atomic mass is 9.95. The molecule has 1 aliphatic carbocycles. The predicted molar refractivity (Wildman–Crippen MR) is 106 cm³/mol. The van der Waals surface area contributed by atoms with E-state index < -0.39 is 17.8 Å². The molecule has 2 heterocycles. The van der Waals surface area contributed by atoms with E-state index in [1.807, 2.05) is 0 Å². The van der Waals surface area contributed by atoms with Crippen molar-refractivity contribution in [3.05, 3.63) is 16.0 Å². The van der Waals surface area contributed by atoms with Crippen LogP contribution in [0.4, 0.5) is 5.00 Å². The summed E-state index contributed by atoms with van der Waals surface area (Å²) >= 11 is 1.37. The summed E-state index contributed by atoms with van der Waals surface area (Å²) in [6, 6.07) is 0. The Kier molecular flexibility index (Phi) is 7.41. The minimum Gasteiger partial charge on any atom is -0.465 e. The molecule has 1 aromatic heterocycles. The molecule has 2 amide bonds. The number of hydrogen-bond donors (Lipinski definition) is 2. The van der Waals surface area contributed by atoms with Gasteiger partial charge in [-0.3, -0.25) is 14.5 Å². The number of methoxy groups -OCH3 is 1. The van der Waals surface area contributed by atoms with E-state index in [-0.39, 0.29) is 0 Å². The number of rotatable bonds is 6. The third-order valence-corrected chi connectivity index (χ3v) is 6.24. The number of hydrogen-bond acceptors (Lipinski definition) is 7. The molecule has 1 aliphatic heterocycles. The molecule has 0 saturated carbocycles. The highest BCUT2D eigenvalue weighted by atomic mass is 32.1. The lowest BCUT2D eigenvalue weighted by Gasteiger charge is -2.26. The van der Waals surface area contributed by atoms with E-state index in [2.05, 4.69) is 15.5 Å². The fourth-order valence-corrected chi connectivity index (χ4v) is 4.81. The highest BCUT2D eigenvalue weighted by Crippen LogP contribution is 2.38. The van der Waals surface area contributed by atoms with Crippen LogP contribution in [0.15, 0.2) is 0 Å². The molecule has 28 heavy (non-hydrogen) atoms. The molecule has 3 rings (SSSR count). The number of amides is 2. The van der Waals surface area contributed by atoms with E-state index in [9.17, 15) is 14.4 Å². The van der Waals surface area contributed by atoms with Crippen LogP contribution in [0.2, 0.25) is 0 Å². The zero-order chi connectivity index (χ0) is 19.9. The van der Waals surface area contributed by atoms with Crippen molar-refractivity contribution in [3.8, 4) is 0 Å². The maximum atomic E-state index is 12.3. The highest BCUT2D eigenvalue weighted by Gasteiger charge is 2.28. The van der Waals surface area contributed by atoms with E-state index in [1.165, 1.54) is 18.4 Å². The third-order valence-electron chi connectivity index (χ3n) is 5.03. The fraction of sp³-hybridized carbons (Fsp3) is 0.632. The number of nitrogens with zero attached hydrogens (tertiary/aromatic N) is 1. The van der Waals surface area contributed by atoms with Gasteiger partial charge in [0, 0.05) is 24.5 Å². The predicted octanol–water partition coefficient (Wildman–Crippen LogP) is 1.19. The molecule has 0 bridgehead atoms. The lowest BCUT2D eigenvalue weighted by Crippen LogP contribution is -2.39. The molecule has 0 radical (unpaired) electrons. The van der Waals surface area contributed by atoms with Crippen LogP contribution >= 0.6 is 11.3 Å². The number of carbonyl (C=O) groups excluding carboxylic acids is 3. The number of nitrogens with one attached hydrogen (secondary N) is 2. The number of ether oxygens (including phenoxy) is 2. The van der Waals surface area contributed by atoms with Crippen molar-refractivity contribution in [2.75, 3.05) is 51.8 Å². The largest absolute Gasteiger partial charge is 0.465 e. The monoisotopic (exact) mass is 409 g/mol. The molecular weight excluding hydrogens is 382 g/mol. The molecule has 1 aromatic rings. The lowest BCUT2D eigenvalue weighted by molar-refractivity contribution is -0.136. The summed E-state index contributed by atoms with van der Waals surface area (Å²) in [5.74, 6) is -1.92. The van der Waals surface area contributed by atoms with Crippen LogP contribution in [-0.2, 0) is 31.9 Å². The van der Waals surface area contributed by atoms with E-state index in [0.717, 1.165) is 75.4 Å². The Labute approximate surface area is 168 Å². The minimum absolute atomic E-state index is 0.399. The van der Waals surface area contributed by atoms with Crippen LogP contribution in [-0.4, -0.2) is 69.2 Å². The molecule has 154 valence electrons. The normalized spacial score (nSPS) is 16.9. The van der Waals surface area contributed by atoms with Crippen LogP contribution in [0.3, 0.4) is 0 Å². The molecule has 0 atom stereocenters. The standard InChI is InChI=1S/C19H27N3O5S/c1-26-19(25)15-13-5-2-3-6-14(13)28-18(15)21-17(24)16(23)20-7-4-8-22-9-11-27-12-10-22/h2-12H2,1H3,(H,20,23)(H,21,24). The summed E-state index contributed by atoms with van der Waals surface area (Å²) < 4.78 is 10.2. The minimum atomic E-state index is -0.755. The van der Waals surface area contributed by atoms with Crippen LogP contribution in [0.1, 0.15) is 40.1 Å². The quantitative estimate of drug-likeness (QED) is 0.416. The van der Waals surface area contributed by atoms with Gasteiger partial charge in [0.2, 0.25) is 0 Å². The van der Waals surface area contributed by atoms with Gasteiger partial charge in [-0.15, -0.1) is 11.3 Å². The average Bonchev–Trinajstić information content (AvgIpc) is 3.09. The second-order valence-electron chi connectivity index (χ2n) is 6.92. The van der Waals surface area contributed by atoms with Crippen LogP contribution in [0.25, 0.3) is 0 Å². The molecular formula is C19H27N3O5S. The molecule has 1 fully saturated rings. The molecule has 2 N–H and O–H groups in total. The Bertz CT molecular complexity index is 727. The Morgan fingerprint density at radius 1 is 1.14 bits per heavy atom. The zero-order valence-corrected chi connectivity index (χ0v) is 17.0. The van der Waals surface area contributed by atoms with Crippen LogP contribution in [0.5, 0.6) is 0 Å². The first kappa shape index (κ1) is 20.8. The molecule has 0 aromatic carbocycles. The van der Waals surface area contributed by atoms with E-state index >= 15 is 0 Å². The molecule has 2 aliphatic rings. The van der Waals surface area contributed by atoms with Gasteiger partial charge in [-0.1, -0.05) is 0 Å². The summed E-state index contributed by atoms with van der Waals surface area (Å²) in [5, 5.41) is 5.67. The number of morpholine rings is 1. The number of aryl methyl sites for hydroxylation is 1. The van der Waals surface area contributed by atoms with Gasteiger partial charge in [0.15, 0.2) is 0 Å². The molecule has 9 heteroatoms. The van der Waals surface area contributed by atoms with Crippen molar-refractivity contribution in [1.82, 2.24) is 10.2 Å². The van der Waals surface area contributed by atoms with E-state index in [1.54, 1.807) is 0 Å².